The lowest BCUT2D eigenvalue weighted by Gasteiger charge is -2.24. The van der Waals surface area contributed by atoms with E-state index < -0.39 is 0 Å². The Bertz CT molecular complexity index is 822. The second kappa shape index (κ2) is 7.43. The van der Waals surface area contributed by atoms with E-state index in [0.717, 1.165) is 24.2 Å². The number of methoxy groups -OCH3 is 1. The SMILES string of the molecule is COc1ccc(CC(=O)NC2CC(=O)N(C3Cc4ccccc4C3)C2)cc1. The van der Waals surface area contributed by atoms with Gasteiger partial charge in [0, 0.05) is 19.0 Å². The predicted octanol–water partition coefficient (Wildman–Crippen LogP) is 2.12. The first kappa shape index (κ1) is 17.6. The molecule has 0 spiro atoms. The molecule has 2 aromatic carbocycles. The summed E-state index contributed by atoms with van der Waals surface area (Å²) >= 11 is 0. The number of carbonyl (C=O) groups excluding carboxylic acids is 2. The topological polar surface area (TPSA) is 58.6 Å². The average Bonchev–Trinajstić information content (AvgIpc) is 3.25. The molecule has 1 aliphatic carbocycles. The van der Waals surface area contributed by atoms with E-state index in [-0.39, 0.29) is 23.9 Å². The summed E-state index contributed by atoms with van der Waals surface area (Å²) in [4.78, 5) is 26.8. The number of nitrogens with zero attached hydrogens (tertiary/aromatic N) is 1. The maximum atomic E-state index is 12.5. The molecule has 2 amide bonds. The molecule has 1 unspecified atom stereocenters. The Morgan fingerprint density at radius 3 is 2.37 bits per heavy atom. The number of hydrogen-bond acceptors (Lipinski definition) is 3. The Hall–Kier alpha value is -2.82. The van der Waals surface area contributed by atoms with E-state index in [1.165, 1.54) is 11.1 Å². The van der Waals surface area contributed by atoms with Crippen LogP contribution in [0.5, 0.6) is 5.75 Å². The highest BCUT2D eigenvalue weighted by Crippen LogP contribution is 2.28. The van der Waals surface area contributed by atoms with Gasteiger partial charge in [0.15, 0.2) is 0 Å². The smallest absolute Gasteiger partial charge is 0.225 e. The van der Waals surface area contributed by atoms with Gasteiger partial charge in [-0.15, -0.1) is 0 Å². The lowest BCUT2D eigenvalue weighted by molar-refractivity contribution is -0.129. The minimum Gasteiger partial charge on any atom is -0.497 e. The van der Waals surface area contributed by atoms with Crippen LogP contribution >= 0.6 is 0 Å². The molecule has 1 atom stereocenters. The third-order valence-corrected chi connectivity index (χ3v) is 5.52. The molecule has 27 heavy (non-hydrogen) atoms. The number of benzene rings is 2. The molecule has 2 aliphatic rings. The zero-order valence-electron chi connectivity index (χ0n) is 15.5. The van der Waals surface area contributed by atoms with E-state index in [1.807, 2.05) is 29.2 Å². The molecule has 5 nitrogen and oxygen atoms in total. The van der Waals surface area contributed by atoms with Gasteiger partial charge in [-0.25, -0.2) is 0 Å². The van der Waals surface area contributed by atoms with Crippen molar-refractivity contribution >= 4 is 11.8 Å². The largest absolute Gasteiger partial charge is 0.497 e. The van der Waals surface area contributed by atoms with Gasteiger partial charge in [0.2, 0.25) is 11.8 Å². The third kappa shape index (κ3) is 3.82. The van der Waals surface area contributed by atoms with Crippen molar-refractivity contribution in [1.82, 2.24) is 10.2 Å². The molecule has 0 bridgehead atoms. The van der Waals surface area contributed by atoms with Crippen molar-refractivity contribution in [1.29, 1.82) is 0 Å². The van der Waals surface area contributed by atoms with Crippen molar-refractivity contribution in [2.24, 2.45) is 0 Å². The van der Waals surface area contributed by atoms with Gasteiger partial charge in [-0.3, -0.25) is 9.59 Å². The number of rotatable bonds is 5. The number of nitrogens with one attached hydrogen (secondary N) is 1. The second-order valence-electron chi connectivity index (χ2n) is 7.37. The average molecular weight is 364 g/mol. The van der Waals surface area contributed by atoms with Crippen molar-refractivity contribution in [2.75, 3.05) is 13.7 Å². The van der Waals surface area contributed by atoms with Crippen LogP contribution in [0.25, 0.3) is 0 Å². The summed E-state index contributed by atoms with van der Waals surface area (Å²) in [6.07, 6.45) is 2.52. The van der Waals surface area contributed by atoms with Crippen molar-refractivity contribution in [3.8, 4) is 5.75 Å². The van der Waals surface area contributed by atoms with Gasteiger partial charge >= 0.3 is 0 Å². The van der Waals surface area contributed by atoms with Gasteiger partial charge in [0.25, 0.3) is 0 Å². The molecule has 1 N–H and O–H groups in total. The van der Waals surface area contributed by atoms with E-state index in [1.54, 1.807) is 7.11 Å². The summed E-state index contributed by atoms with van der Waals surface area (Å²) in [7, 11) is 1.62. The molecule has 1 heterocycles. The minimum absolute atomic E-state index is 0.0467. The molecule has 1 fully saturated rings. The fourth-order valence-electron chi connectivity index (χ4n) is 4.14. The Kier molecular flexibility index (Phi) is 4.84. The standard InChI is InChI=1S/C22H24N2O3/c1-27-20-8-6-15(7-9-20)10-21(25)23-18-13-22(26)24(14-18)19-11-16-4-2-3-5-17(16)12-19/h2-9,18-19H,10-14H2,1H3,(H,23,25). The van der Waals surface area contributed by atoms with Crippen LogP contribution in [0, 0.1) is 0 Å². The van der Waals surface area contributed by atoms with Crippen LogP contribution in [-0.2, 0) is 28.9 Å². The first-order chi connectivity index (χ1) is 13.1. The molecule has 4 rings (SSSR count). The molecule has 1 saturated heterocycles. The lowest BCUT2D eigenvalue weighted by Crippen LogP contribution is -2.41. The number of ether oxygens (including phenoxy) is 1. The van der Waals surface area contributed by atoms with Crippen LogP contribution in [0.4, 0.5) is 0 Å². The van der Waals surface area contributed by atoms with Crippen LogP contribution in [0.15, 0.2) is 48.5 Å². The van der Waals surface area contributed by atoms with Crippen LogP contribution in [-0.4, -0.2) is 42.5 Å². The van der Waals surface area contributed by atoms with Gasteiger partial charge in [-0.05, 0) is 41.7 Å². The van der Waals surface area contributed by atoms with E-state index in [2.05, 4.69) is 29.6 Å². The van der Waals surface area contributed by atoms with Gasteiger partial charge in [-0.2, -0.15) is 0 Å². The van der Waals surface area contributed by atoms with Crippen LogP contribution in [0.1, 0.15) is 23.1 Å². The first-order valence-corrected chi connectivity index (χ1v) is 9.41. The number of carbonyl (C=O) groups is 2. The normalized spacial score (nSPS) is 19.2. The summed E-state index contributed by atoms with van der Waals surface area (Å²) in [5, 5.41) is 3.03. The quantitative estimate of drug-likeness (QED) is 0.884. The Labute approximate surface area is 159 Å². The zero-order chi connectivity index (χ0) is 18.8. The lowest BCUT2D eigenvalue weighted by atomic mass is 10.1. The zero-order valence-corrected chi connectivity index (χ0v) is 15.5. The Morgan fingerprint density at radius 2 is 1.74 bits per heavy atom. The summed E-state index contributed by atoms with van der Waals surface area (Å²) in [6.45, 7) is 0.603. The summed E-state index contributed by atoms with van der Waals surface area (Å²) in [5.74, 6) is 0.867. The Morgan fingerprint density at radius 1 is 1.07 bits per heavy atom. The van der Waals surface area contributed by atoms with Gasteiger partial charge in [-0.1, -0.05) is 36.4 Å². The van der Waals surface area contributed by atoms with Gasteiger partial charge in [0.1, 0.15) is 5.75 Å². The molecule has 1 aliphatic heterocycles. The van der Waals surface area contributed by atoms with Gasteiger partial charge in [0.05, 0.1) is 19.6 Å². The molecule has 0 saturated carbocycles. The van der Waals surface area contributed by atoms with E-state index >= 15 is 0 Å². The molecule has 0 radical (unpaired) electrons. The monoisotopic (exact) mass is 364 g/mol. The fraction of sp³-hybridized carbons (Fsp3) is 0.364. The maximum Gasteiger partial charge on any atom is 0.225 e. The fourth-order valence-corrected chi connectivity index (χ4v) is 4.14. The second-order valence-corrected chi connectivity index (χ2v) is 7.37. The van der Waals surface area contributed by atoms with E-state index in [0.29, 0.717) is 19.4 Å². The number of hydrogen-bond donors (Lipinski definition) is 1. The summed E-state index contributed by atoms with van der Waals surface area (Å²) in [5.41, 5.74) is 3.60. The maximum absolute atomic E-state index is 12.5. The Balaban J connectivity index is 1.32. The molecule has 2 aromatic rings. The predicted molar refractivity (Wildman–Crippen MR) is 103 cm³/mol. The van der Waals surface area contributed by atoms with Crippen molar-refractivity contribution in [3.63, 3.8) is 0 Å². The van der Waals surface area contributed by atoms with Crippen molar-refractivity contribution < 1.29 is 14.3 Å². The summed E-state index contributed by atoms with van der Waals surface area (Å²) in [6, 6.07) is 16.0. The van der Waals surface area contributed by atoms with Crippen LogP contribution < -0.4 is 10.1 Å². The highest BCUT2D eigenvalue weighted by molar-refractivity contribution is 5.83. The molecule has 5 heteroatoms. The number of fused-ring (bicyclic) bond motifs is 1. The van der Waals surface area contributed by atoms with E-state index in [9.17, 15) is 9.59 Å². The summed E-state index contributed by atoms with van der Waals surface area (Å²) < 4.78 is 5.13. The van der Waals surface area contributed by atoms with Crippen LogP contribution in [0.2, 0.25) is 0 Å². The molecule has 0 aromatic heterocycles. The van der Waals surface area contributed by atoms with Crippen molar-refractivity contribution in [3.05, 3.63) is 65.2 Å². The van der Waals surface area contributed by atoms with Crippen LogP contribution in [0.3, 0.4) is 0 Å². The highest BCUT2D eigenvalue weighted by atomic mass is 16.5. The number of amides is 2. The van der Waals surface area contributed by atoms with Gasteiger partial charge < -0.3 is 15.0 Å². The van der Waals surface area contributed by atoms with Crippen molar-refractivity contribution in [2.45, 2.75) is 37.8 Å². The minimum atomic E-state index is -0.105. The van der Waals surface area contributed by atoms with E-state index in [4.69, 9.17) is 4.74 Å². The first-order valence-electron chi connectivity index (χ1n) is 9.41. The highest BCUT2D eigenvalue weighted by Gasteiger charge is 2.37. The molecule has 140 valence electrons. The molecular formula is C22H24N2O3. The third-order valence-electron chi connectivity index (χ3n) is 5.52. The number of likely N-dealkylation sites (tertiary alicyclic amines) is 1. The molecular weight excluding hydrogens is 340 g/mol.